The normalized spacial score (nSPS) is 28.4. The van der Waals surface area contributed by atoms with Crippen LogP contribution in [0.25, 0.3) is 11.1 Å². The van der Waals surface area contributed by atoms with E-state index in [1.807, 2.05) is 114 Å². The number of aliphatic carboxylic acids is 1. The highest BCUT2D eigenvalue weighted by atomic mass is 16.6. The molecule has 11 rings (SSSR count). The van der Waals surface area contributed by atoms with Crippen molar-refractivity contribution in [3.05, 3.63) is 95.6 Å². The lowest BCUT2D eigenvalue weighted by molar-refractivity contribution is -0.160. The fraction of sp³-hybridized carbons (Fsp3) is 0.700. The summed E-state index contributed by atoms with van der Waals surface area (Å²) in [6.45, 7) is 38.1. The predicted molar refractivity (Wildman–Crippen MR) is 429 cm³/mol. The van der Waals surface area contributed by atoms with E-state index in [9.17, 15) is 48.3 Å². The van der Waals surface area contributed by atoms with Gasteiger partial charge in [-0.2, -0.15) is 0 Å². The number of carboxylic acids is 1. The van der Waals surface area contributed by atoms with Crippen LogP contribution in [0.15, 0.2) is 84.5 Å². The van der Waals surface area contributed by atoms with Crippen LogP contribution in [0.2, 0.25) is 0 Å². The van der Waals surface area contributed by atoms with Crippen molar-refractivity contribution in [3.63, 3.8) is 0 Å². The van der Waals surface area contributed by atoms with Gasteiger partial charge >= 0.3 is 41.8 Å². The molecule has 111 heavy (non-hydrogen) atoms. The SMILES string of the molecule is CC(C)C[C@@H](N)C(=O)OC(C)(C)C.CC(C)C[C@@H](NC(=O)CCC(=O)O)C(=O)OC(C)(C)C.CC(C)C[C@@H](NC(=O)CCC(=O)O[C@H]1CC[C@@]2(C)C(=CC[C@@H]3[C@@H]2CC[C@]2(C)C(c4cccnc4)=CC[C@@H]32)C1)C(=O)OC(C)(C)C.C[C@]12CC[C@H](O)CC1=CC[C@@H]1[C@@H]2CC[C@]2(C)C(c3cccnc3)=CC[C@@H]12.O=C1CCC(=O)O1. The Bertz CT molecular complexity index is 3680. The molecule has 616 valence electrons. The number of aliphatic hydroxyl groups is 1. The molecule has 5 fully saturated rings. The van der Waals surface area contributed by atoms with Crippen LogP contribution in [0.1, 0.15) is 290 Å². The summed E-state index contributed by atoms with van der Waals surface area (Å²) in [6.07, 6.45) is 34.8. The van der Waals surface area contributed by atoms with Crippen molar-refractivity contribution in [2.75, 3.05) is 0 Å². The highest BCUT2D eigenvalue weighted by molar-refractivity contribution is 5.92. The van der Waals surface area contributed by atoms with Gasteiger partial charge in [-0.05, 0) is 274 Å². The first-order valence-corrected chi connectivity index (χ1v) is 41.2. The number of nitrogens with two attached hydrogens (primary N) is 1. The number of aromatic nitrogens is 2. The molecule has 2 aromatic rings. The minimum Gasteiger partial charge on any atom is -0.481 e. The van der Waals surface area contributed by atoms with Crippen LogP contribution in [0.3, 0.4) is 0 Å². The van der Waals surface area contributed by atoms with Crippen LogP contribution in [0.4, 0.5) is 0 Å². The van der Waals surface area contributed by atoms with E-state index in [0.29, 0.717) is 53.8 Å². The summed E-state index contributed by atoms with van der Waals surface area (Å²) in [5.74, 6) is 0.934. The van der Waals surface area contributed by atoms with Crippen LogP contribution in [-0.4, -0.2) is 121 Å². The second kappa shape index (κ2) is 38.6. The molecule has 0 bridgehead atoms. The molecule has 9 aliphatic rings. The van der Waals surface area contributed by atoms with Crippen LogP contribution in [0.5, 0.6) is 0 Å². The van der Waals surface area contributed by atoms with Gasteiger partial charge in [0.05, 0.1) is 31.8 Å². The van der Waals surface area contributed by atoms with Crippen molar-refractivity contribution in [2.45, 2.75) is 326 Å². The number of hydrogen-bond donors (Lipinski definition) is 5. The molecule has 3 heterocycles. The lowest BCUT2D eigenvalue weighted by Crippen LogP contribution is -2.50. The summed E-state index contributed by atoms with van der Waals surface area (Å²) in [5, 5.41) is 24.0. The van der Waals surface area contributed by atoms with Gasteiger partial charge in [-0.3, -0.25) is 43.5 Å². The fourth-order valence-corrected chi connectivity index (χ4v) is 19.2. The zero-order valence-corrected chi connectivity index (χ0v) is 70.4. The van der Waals surface area contributed by atoms with Gasteiger partial charge in [-0.15, -0.1) is 0 Å². The Kier molecular flexibility index (Phi) is 31.6. The molecule has 2 aromatic heterocycles. The number of fused-ring (bicyclic) bond motifs is 10. The van der Waals surface area contributed by atoms with E-state index >= 15 is 0 Å². The Balaban J connectivity index is 0.000000218. The summed E-state index contributed by atoms with van der Waals surface area (Å²) in [5.41, 5.74) is 13.6. The minimum atomic E-state index is -1.04. The first-order chi connectivity index (χ1) is 51.7. The number of allylic oxidation sites excluding steroid dienone is 6. The lowest BCUT2D eigenvalue weighted by atomic mass is 9.47. The number of amides is 2. The molecule has 1 aliphatic heterocycles. The Morgan fingerprint density at radius 2 is 0.937 bits per heavy atom. The van der Waals surface area contributed by atoms with Crippen LogP contribution < -0.4 is 16.4 Å². The van der Waals surface area contributed by atoms with Gasteiger partial charge in [0.2, 0.25) is 11.8 Å². The van der Waals surface area contributed by atoms with Gasteiger partial charge in [0.1, 0.15) is 41.0 Å². The van der Waals surface area contributed by atoms with E-state index in [4.69, 9.17) is 29.8 Å². The van der Waals surface area contributed by atoms with Gasteiger partial charge in [-0.25, -0.2) is 9.59 Å². The van der Waals surface area contributed by atoms with E-state index in [1.165, 1.54) is 67.2 Å². The number of esters is 6. The number of carbonyl (C=O) groups excluding carboxylic acids is 8. The minimum absolute atomic E-state index is 0.00139. The van der Waals surface area contributed by atoms with E-state index in [1.54, 1.807) is 31.9 Å². The quantitative estimate of drug-likeness (QED) is 0.0356. The maximum absolute atomic E-state index is 12.9. The first-order valence-electron chi connectivity index (χ1n) is 41.2. The molecule has 0 radical (unpaired) electrons. The summed E-state index contributed by atoms with van der Waals surface area (Å²) in [6, 6.07) is 6.61. The average Bonchev–Trinajstić information content (AvgIpc) is 1.67. The largest absolute Gasteiger partial charge is 0.481 e. The molecule has 2 amide bonds. The first kappa shape index (κ1) is 90.8. The number of pyridine rings is 2. The second-order valence-corrected chi connectivity index (χ2v) is 37.9. The summed E-state index contributed by atoms with van der Waals surface area (Å²) >= 11 is 0. The predicted octanol–water partition coefficient (Wildman–Crippen LogP) is 16.3. The van der Waals surface area contributed by atoms with Gasteiger partial charge in [0, 0.05) is 44.0 Å². The molecule has 1 saturated heterocycles. The molecule has 8 aliphatic carbocycles. The second-order valence-electron chi connectivity index (χ2n) is 37.9. The van der Waals surface area contributed by atoms with Crippen molar-refractivity contribution in [3.8, 4) is 0 Å². The van der Waals surface area contributed by atoms with Gasteiger partial charge < -0.3 is 50.3 Å². The van der Waals surface area contributed by atoms with Crippen molar-refractivity contribution in [1.29, 1.82) is 0 Å². The molecule has 15 atom stereocenters. The van der Waals surface area contributed by atoms with Crippen LogP contribution in [-0.2, 0) is 66.8 Å². The Morgan fingerprint density at radius 1 is 0.532 bits per heavy atom. The molecule has 0 unspecified atom stereocenters. The fourth-order valence-electron chi connectivity index (χ4n) is 19.2. The lowest BCUT2D eigenvalue weighted by Gasteiger charge is -2.57. The smallest absolute Gasteiger partial charge is 0.329 e. The van der Waals surface area contributed by atoms with Crippen molar-refractivity contribution in [1.82, 2.24) is 20.6 Å². The number of cyclic esters (lactones) is 2. The van der Waals surface area contributed by atoms with E-state index in [2.05, 4.69) is 95.5 Å². The number of carbonyl (C=O) groups is 9. The van der Waals surface area contributed by atoms with Crippen LogP contribution in [0, 0.1) is 74.9 Å². The van der Waals surface area contributed by atoms with E-state index in [0.717, 1.165) is 62.7 Å². The van der Waals surface area contributed by atoms with Crippen molar-refractivity contribution in [2.24, 2.45) is 80.7 Å². The molecular weight excluding hydrogens is 1410 g/mol. The number of carboxylic acid groups (broad SMARTS) is 1. The molecule has 21 heteroatoms. The molecule has 21 nitrogen and oxygen atoms in total. The Morgan fingerprint density at radius 3 is 1.32 bits per heavy atom. The third-order valence-electron chi connectivity index (χ3n) is 24.3. The highest BCUT2D eigenvalue weighted by Crippen LogP contribution is 2.68. The van der Waals surface area contributed by atoms with E-state index in [-0.39, 0.29) is 91.2 Å². The zero-order valence-electron chi connectivity index (χ0n) is 70.4. The number of hydrogen-bond acceptors (Lipinski definition) is 18. The van der Waals surface area contributed by atoms with Crippen molar-refractivity contribution < 1.29 is 77.0 Å². The number of aliphatic hydroxyl groups excluding tert-OH is 1. The summed E-state index contributed by atoms with van der Waals surface area (Å²) in [4.78, 5) is 112. The van der Waals surface area contributed by atoms with Gasteiger partial charge in [0.25, 0.3) is 0 Å². The molecular formula is C90H135N5O16. The molecule has 6 N–H and O–H groups in total. The maximum atomic E-state index is 12.9. The number of ether oxygens (including phenoxy) is 5. The molecule has 4 saturated carbocycles. The summed E-state index contributed by atoms with van der Waals surface area (Å²) < 4.78 is 25.9. The average molecular weight is 1540 g/mol. The standard InChI is InChI=1S/C38H54N2O5.C24H31NO.C14H25NO5.C10H21NO2.C4H4O3/c1-24(2)21-32(35(43)45-36(3,4)5)40-33(41)14-15-34(42)44-27-16-18-37(6)26(22-27)10-11-28-30-13-12-29(25-9-8-20-39-23-25)38(30,7)19-17-31(28)37;1-23-11-9-18(26)14-17(23)5-6-19-21-8-7-20(16-4-3-13-25-15-16)24(21,2)12-10-22(19)23;1-9(2)8-10(13(19)20-14(3,4)5)15-11(16)6-7-12(17)18;1-7(2)6-8(11)9(12)13-10(3,4)5;5-3-1-2-4(6)7-3/h8-10,12,20,23-24,27-28,30-32H,11,13-19,21-22H2,1-7H3,(H,40,41);3-5,7,13,15,18-19,21-22,26H,6,8-12,14H2,1-2H3;9-10H,6-8H2,1-5H3,(H,15,16)(H,17,18);7-8H,6,11H2,1-5H3;1-2H2/t27-,28-,30-,31-,32+,37-,38+;18-,19-,21-,22-,23-,24+;10-;8-;/m0011./s1. The van der Waals surface area contributed by atoms with Gasteiger partial charge in [0.15, 0.2) is 0 Å². The molecule has 0 aromatic carbocycles. The number of rotatable bonds is 20. The van der Waals surface area contributed by atoms with Gasteiger partial charge in [-0.1, -0.05) is 117 Å². The third-order valence-corrected chi connectivity index (χ3v) is 24.3. The van der Waals surface area contributed by atoms with E-state index < -0.39 is 70.7 Å². The monoisotopic (exact) mass is 1540 g/mol. The number of nitrogens with one attached hydrogen (secondary N) is 2. The third kappa shape index (κ3) is 25.3. The Labute approximate surface area is 661 Å². The molecule has 0 spiro atoms. The zero-order chi connectivity index (χ0) is 82.4. The van der Waals surface area contributed by atoms with Crippen LogP contribution >= 0.6 is 0 Å². The van der Waals surface area contributed by atoms with Crippen molar-refractivity contribution >= 4 is 64.7 Å². The maximum Gasteiger partial charge on any atom is 0.329 e. The number of nitrogens with zero attached hydrogens (tertiary/aromatic N) is 2. The summed E-state index contributed by atoms with van der Waals surface area (Å²) in [7, 11) is 0. The highest BCUT2D eigenvalue weighted by Gasteiger charge is 2.59. The topological polar surface area (TPSA) is 316 Å². The Hall–Kier alpha value is -7.39.